The zero-order valence-corrected chi connectivity index (χ0v) is 35.6. The van der Waals surface area contributed by atoms with Gasteiger partial charge in [0.1, 0.15) is 29.8 Å². The summed E-state index contributed by atoms with van der Waals surface area (Å²) in [4.78, 5) is 64.2. The second-order valence-corrected chi connectivity index (χ2v) is 13.8. The first kappa shape index (κ1) is 58.0. The molecule has 0 saturated heterocycles. The highest BCUT2D eigenvalue weighted by atomic mass is 16.4. The standard InChI is InChI=1S/C13H17NO3.C10H9NO2.C6H14N4O2.2C6H14N2O2/c1-2-3-9-11(13(16)17)14-12(15)10-7-5-4-6-8-10;1-6-4-10(12)13-9-5-7(11)2-3-8(6)9;7-4(5(11)12)2-1-3-10-6(8)9;2*7-4-2-1-3-5(8)6(9)10/h4-8,11H,2-3,9H2,1H3,(H,14,15)(H,16,17);2-5H,11H2,1H3;4H,1-3,7H2,(H,11,12)(H4,8,9,10);2*5H,1-4,7-8H2,(H,9,10). The molecule has 62 heavy (non-hydrogen) atoms. The summed E-state index contributed by atoms with van der Waals surface area (Å²) in [6.07, 6.45) is 7.46. The molecule has 0 aliphatic carbocycles. The molecule has 0 saturated carbocycles. The average molecular weight is 877 g/mol. The van der Waals surface area contributed by atoms with Crippen LogP contribution in [0.1, 0.15) is 93.5 Å². The Balaban J connectivity index is 0. The lowest BCUT2D eigenvalue weighted by Crippen LogP contribution is -2.40. The van der Waals surface area contributed by atoms with Gasteiger partial charge in [-0.05, 0) is 94.8 Å². The molecule has 4 atom stereocenters. The molecule has 21 nitrogen and oxygen atoms in total. The van der Waals surface area contributed by atoms with Gasteiger partial charge in [-0.25, -0.2) is 9.59 Å². The first-order valence-corrected chi connectivity index (χ1v) is 20.0. The van der Waals surface area contributed by atoms with Crippen LogP contribution >= 0.6 is 0 Å². The molecule has 0 fully saturated rings. The summed E-state index contributed by atoms with van der Waals surface area (Å²) in [5, 5.41) is 46.8. The van der Waals surface area contributed by atoms with Crippen LogP contribution in [0.3, 0.4) is 0 Å². The van der Waals surface area contributed by atoms with Gasteiger partial charge in [-0.3, -0.25) is 24.6 Å². The van der Waals surface area contributed by atoms with E-state index < -0.39 is 48.0 Å². The number of nitrogens with two attached hydrogens (primary N) is 7. The van der Waals surface area contributed by atoms with Crippen molar-refractivity contribution in [3.8, 4) is 0 Å². The Hall–Kier alpha value is -6.13. The highest BCUT2D eigenvalue weighted by molar-refractivity contribution is 5.96. The Kier molecular flexibility index (Phi) is 32.3. The third-order valence-corrected chi connectivity index (χ3v) is 8.36. The van der Waals surface area contributed by atoms with E-state index in [-0.39, 0.29) is 17.5 Å². The van der Waals surface area contributed by atoms with Crippen molar-refractivity contribution in [1.29, 1.82) is 5.41 Å². The van der Waals surface area contributed by atoms with Crippen LogP contribution in [0, 0.1) is 12.3 Å². The number of unbranched alkanes of at least 4 members (excludes halogenated alkanes) is 3. The number of rotatable bonds is 21. The number of carbonyl (C=O) groups is 5. The number of nitrogen functional groups attached to an aromatic ring is 1. The number of amides is 1. The minimum atomic E-state index is -1.00. The van der Waals surface area contributed by atoms with E-state index in [9.17, 15) is 28.8 Å². The molecule has 1 aromatic heterocycles. The molecule has 3 aromatic rings. The van der Waals surface area contributed by atoms with Crippen LogP contribution < -0.4 is 56.4 Å². The van der Waals surface area contributed by atoms with Crippen molar-refractivity contribution < 1.29 is 48.8 Å². The summed E-state index contributed by atoms with van der Waals surface area (Å²) in [6, 6.07) is 12.3. The number of carbonyl (C=O) groups excluding carboxylic acids is 1. The largest absolute Gasteiger partial charge is 0.480 e. The number of aryl methyl sites for hydroxylation is 1. The van der Waals surface area contributed by atoms with Crippen LogP contribution in [0.2, 0.25) is 0 Å². The van der Waals surface area contributed by atoms with Gasteiger partial charge >= 0.3 is 29.5 Å². The van der Waals surface area contributed by atoms with E-state index in [2.05, 4.69) is 10.6 Å². The molecule has 1 heterocycles. The van der Waals surface area contributed by atoms with E-state index in [4.69, 9.17) is 70.4 Å². The second-order valence-electron chi connectivity index (χ2n) is 13.8. The Labute approximate surface area is 361 Å². The molecule has 348 valence electrons. The minimum Gasteiger partial charge on any atom is -0.480 e. The van der Waals surface area contributed by atoms with Gasteiger partial charge in [0.05, 0.1) is 0 Å². The Bertz CT molecular complexity index is 1800. The highest BCUT2D eigenvalue weighted by Crippen LogP contribution is 2.18. The number of carboxylic acid groups (broad SMARTS) is 4. The smallest absolute Gasteiger partial charge is 0.336 e. The molecule has 0 bridgehead atoms. The molecule has 21 heteroatoms. The van der Waals surface area contributed by atoms with E-state index in [1.54, 1.807) is 36.4 Å². The van der Waals surface area contributed by atoms with Crippen LogP contribution in [-0.2, 0) is 19.2 Å². The summed E-state index contributed by atoms with van der Waals surface area (Å²) < 4.78 is 4.99. The fourth-order valence-electron chi connectivity index (χ4n) is 4.77. The zero-order valence-electron chi connectivity index (χ0n) is 35.6. The quantitative estimate of drug-likeness (QED) is 0.0237. The minimum absolute atomic E-state index is 0.112. The summed E-state index contributed by atoms with van der Waals surface area (Å²) in [6.45, 7) is 5.54. The molecule has 2 aromatic carbocycles. The molecule has 0 radical (unpaired) electrons. The number of nitrogens with one attached hydrogen (secondary N) is 3. The summed E-state index contributed by atoms with van der Waals surface area (Å²) >= 11 is 0. The van der Waals surface area contributed by atoms with Crippen LogP contribution in [0.4, 0.5) is 5.69 Å². The maximum absolute atomic E-state index is 11.7. The van der Waals surface area contributed by atoms with E-state index in [0.717, 1.165) is 49.5 Å². The van der Waals surface area contributed by atoms with Crippen molar-refractivity contribution in [2.45, 2.75) is 109 Å². The topological polar surface area (TPSA) is 427 Å². The van der Waals surface area contributed by atoms with Gasteiger partial charge < -0.3 is 75.6 Å². The summed E-state index contributed by atoms with van der Waals surface area (Å²) in [5.41, 5.74) is 38.8. The van der Waals surface area contributed by atoms with E-state index in [1.165, 1.54) is 6.07 Å². The van der Waals surface area contributed by atoms with E-state index in [0.29, 0.717) is 68.6 Å². The fourth-order valence-corrected chi connectivity index (χ4v) is 4.77. The van der Waals surface area contributed by atoms with Crippen LogP contribution in [-0.4, -0.2) is 100.0 Å². The van der Waals surface area contributed by atoms with Crippen molar-refractivity contribution in [2.75, 3.05) is 25.4 Å². The number of guanidine groups is 1. The Morgan fingerprint density at radius 3 is 1.65 bits per heavy atom. The van der Waals surface area contributed by atoms with Gasteiger partial charge in [-0.1, -0.05) is 50.8 Å². The first-order valence-electron chi connectivity index (χ1n) is 20.0. The van der Waals surface area contributed by atoms with Gasteiger partial charge in [0.25, 0.3) is 5.91 Å². The van der Waals surface area contributed by atoms with E-state index in [1.807, 2.05) is 26.0 Å². The van der Waals surface area contributed by atoms with Gasteiger partial charge in [0.2, 0.25) is 0 Å². The van der Waals surface area contributed by atoms with Crippen molar-refractivity contribution >= 4 is 52.4 Å². The van der Waals surface area contributed by atoms with Gasteiger partial charge in [-0.15, -0.1) is 0 Å². The molecule has 0 aliphatic rings. The Morgan fingerprint density at radius 1 is 0.710 bits per heavy atom. The van der Waals surface area contributed by atoms with Crippen molar-refractivity contribution in [1.82, 2.24) is 10.6 Å². The normalized spacial score (nSPS) is 12.0. The van der Waals surface area contributed by atoms with Gasteiger partial charge in [0.15, 0.2) is 5.96 Å². The summed E-state index contributed by atoms with van der Waals surface area (Å²) in [5.74, 6) is -4.30. The molecule has 0 spiro atoms. The SMILES string of the molecule is CCCCC(NC(=O)c1ccccc1)C(=O)O.Cc1cc(=O)oc2cc(N)ccc12.N=C(N)NCCCC(N)C(=O)O.NCCCCC(N)C(=O)O.NCCCCC(N)C(=O)O. The van der Waals surface area contributed by atoms with Gasteiger partial charge in [-0.2, -0.15) is 0 Å². The maximum atomic E-state index is 11.7. The lowest BCUT2D eigenvalue weighted by molar-refractivity contribution is -0.140. The number of anilines is 1. The second kappa shape index (κ2) is 34.6. The molecular weight excluding hydrogens is 809 g/mol. The van der Waals surface area contributed by atoms with Crippen LogP contribution in [0.15, 0.2) is 63.8 Å². The number of carboxylic acids is 4. The van der Waals surface area contributed by atoms with Crippen molar-refractivity contribution in [3.63, 3.8) is 0 Å². The highest BCUT2D eigenvalue weighted by Gasteiger charge is 2.19. The lowest BCUT2D eigenvalue weighted by Gasteiger charge is -2.13. The van der Waals surface area contributed by atoms with Crippen molar-refractivity contribution in [2.24, 2.45) is 34.4 Å². The first-order chi connectivity index (χ1) is 29.2. The molecule has 21 N–H and O–H groups in total. The fraction of sp³-hybridized carbons (Fsp3) is 0.488. The number of fused-ring (bicyclic) bond motifs is 1. The van der Waals surface area contributed by atoms with Crippen LogP contribution in [0.25, 0.3) is 11.0 Å². The number of hydrogen-bond donors (Lipinski definition) is 14. The number of hydrogen-bond acceptors (Lipinski definition) is 14. The van der Waals surface area contributed by atoms with Crippen LogP contribution in [0.5, 0.6) is 0 Å². The monoisotopic (exact) mass is 877 g/mol. The lowest BCUT2D eigenvalue weighted by atomic mass is 10.1. The molecule has 0 aliphatic heterocycles. The third-order valence-electron chi connectivity index (χ3n) is 8.36. The number of aliphatic carboxylic acids is 4. The zero-order chi connectivity index (χ0) is 47.6. The molecule has 4 unspecified atom stereocenters. The third kappa shape index (κ3) is 29.2. The maximum Gasteiger partial charge on any atom is 0.336 e. The molecule has 1 amide bonds. The van der Waals surface area contributed by atoms with Crippen molar-refractivity contribution in [3.05, 3.63) is 76.1 Å². The predicted octanol–water partition coefficient (Wildman–Crippen LogP) is 1.46. The Morgan fingerprint density at radius 2 is 1.21 bits per heavy atom. The summed E-state index contributed by atoms with van der Waals surface area (Å²) in [7, 11) is 0. The van der Waals surface area contributed by atoms with E-state index >= 15 is 0 Å². The molecule has 3 rings (SSSR count). The van der Waals surface area contributed by atoms with Gasteiger partial charge in [0, 0.05) is 35.3 Å². The molecular formula is C41H68N10O11. The average Bonchev–Trinajstić information content (AvgIpc) is 3.21. The number of benzene rings is 2. The predicted molar refractivity (Wildman–Crippen MR) is 238 cm³/mol.